The molecule has 0 radical (unpaired) electrons. The molecule has 118 valence electrons. The van der Waals surface area contributed by atoms with Gasteiger partial charge in [-0.3, -0.25) is 9.59 Å². The molecule has 0 saturated heterocycles. The predicted molar refractivity (Wildman–Crippen MR) is 78.2 cm³/mol. The number of carbonyl (C=O) groups excluding carboxylic acids is 2. The van der Waals surface area contributed by atoms with Crippen molar-refractivity contribution in [2.75, 3.05) is 6.73 Å². The van der Waals surface area contributed by atoms with Gasteiger partial charge in [0, 0.05) is 23.8 Å². The molecule has 1 aliphatic carbocycles. The van der Waals surface area contributed by atoms with Crippen LogP contribution in [0, 0.1) is 0 Å². The molecular weight excluding hydrogens is 272 g/mol. The average Bonchev–Trinajstić information content (AvgIpc) is 3.26. The Morgan fingerprint density at radius 3 is 2.33 bits per heavy atom. The summed E-state index contributed by atoms with van der Waals surface area (Å²) < 4.78 is 4.69. The van der Waals surface area contributed by atoms with Crippen LogP contribution in [0.15, 0.2) is 5.11 Å². The van der Waals surface area contributed by atoms with Crippen molar-refractivity contribution in [3.05, 3.63) is 10.4 Å². The lowest BCUT2D eigenvalue weighted by Crippen LogP contribution is -2.24. The van der Waals surface area contributed by atoms with Crippen LogP contribution in [-0.2, 0) is 14.3 Å². The maximum Gasteiger partial charge on any atom is 0.305 e. The SMILES string of the molecule is [N-]=[N+]=NCOC(=O)CCCCCCCCC(=O)NC1CC1. The van der Waals surface area contributed by atoms with Crippen molar-refractivity contribution < 1.29 is 14.3 Å². The lowest BCUT2D eigenvalue weighted by molar-refractivity contribution is -0.143. The lowest BCUT2D eigenvalue weighted by atomic mass is 10.1. The second-order valence-corrected chi connectivity index (χ2v) is 5.34. The zero-order valence-corrected chi connectivity index (χ0v) is 12.4. The zero-order chi connectivity index (χ0) is 15.3. The summed E-state index contributed by atoms with van der Waals surface area (Å²) in [6.45, 7) is -0.224. The van der Waals surface area contributed by atoms with Gasteiger partial charge in [0.15, 0.2) is 6.73 Å². The Labute approximate surface area is 125 Å². The fourth-order valence-corrected chi connectivity index (χ4v) is 1.99. The van der Waals surface area contributed by atoms with E-state index in [1.54, 1.807) is 0 Å². The van der Waals surface area contributed by atoms with E-state index in [0.717, 1.165) is 51.4 Å². The average molecular weight is 296 g/mol. The molecule has 7 heteroatoms. The summed E-state index contributed by atoms with van der Waals surface area (Å²) in [5.41, 5.74) is 8.02. The van der Waals surface area contributed by atoms with Crippen molar-refractivity contribution in [3.63, 3.8) is 0 Å². The quantitative estimate of drug-likeness (QED) is 0.196. The van der Waals surface area contributed by atoms with Crippen molar-refractivity contribution >= 4 is 11.9 Å². The maximum absolute atomic E-state index is 11.4. The van der Waals surface area contributed by atoms with Gasteiger partial charge in [-0.1, -0.05) is 30.8 Å². The molecule has 0 heterocycles. The number of esters is 1. The van der Waals surface area contributed by atoms with Gasteiger partial charge in [-0.05, 0) is 31.2 Å². The van der Waals surface area contributed by atoms with E-state index in [0.29, 0.717) is 18.9 Å². The zero-order valence-electron chi connectivity index (χ0n) is 12.4. The van der Waals surface area contributed by atoms with E-state index in [2.05, 4.69) is 20.1 Å². The van der Waals surface area contributed by atoms with Gasteiger partial charge in [-0.25, -0.2) is 0 Å². The maximum atomic E-state index is 11.4. The van der Waals surface area contributed by atoms with Crippen molar-refractivity contribution in [3.8, 4) is 0 Å². The number of ether oxygens (including phenoxy) is 1. The summed E-state index contributed by atoms with van der Waals surface area (Å²) in [5.74, 6) is -0.139. The van der Waals surface area contributed by atoms with Gasteiger partial charge in [-0.15, -0.1) is 0 Å². The number of azide groups is 1. The highest BCUT2D eigenvalue weighted by molar-refractivity contribution is 5.76. The molecule has 1 saturated carbocycles. The smallest absolute Gasteiger partial charge is 0.305 e. The summed E-state index contributed by atoms with van der Waals surface area (Å²) in [5, 5.41) is 6.11. The van der Waals surface area contributed by atoms with E-state index >= 15 is 0 Å². The standard InChI is InChI=1S/C14H24N4O3/c15-18-16-11-21-14(20)8-6-4-2-1-3-5-7-13(19)17-12-9-10-12/h12H,1-11H2,(H,17,19). The molecule has 0 spiro atoms. The number of unbranched alkanes of at least 4 members (excludes halogenated alkanes) is 5. The number of carbonyl (C=O) groups is 2. The monoisotopic (exact) mass is 296 g/mol. The van der Waals surface area contributed by atoms with E-state index in [1.165, 1.54) is 0 Å². The van der Waals surface area contributed by atoms with E-state index in [4.69, 9.17) is 5.53 Å². The summed E-state index contributed by atoms with van der Waals surface area (Å²) in [4.78, 5) is 25.1. The molecule has 0 aliphatic heterocycles. The number of hydrogen-bond acceptors (Lipinski definition) is 4. The fourth-order valence-electron chi connectivity index (χ4n) is 1.99. The van der Waals surface area contributed by atoms with Gasteiger partial charge < -0.3 is 10.1 Å². The van der Waals surface area contributed by atoms with Crippen LogP contribution in [0.2, 0.25) is 0 Å². The number of rotatable bonds is 12. The van der Waals surface area contributed by atoms with E-state index in [9.17, 15) is 9.59 Å². The minimum absolute atomic E-state index is 0.181. The molecule has 7 nitrogen and oxygen atoms in total. The third kappa shape index (κ3) is 10.7. The molecule has 0 bridgehead atoms. The highest BCUT2D eigenvalue weighted by Gasteiger charge is 2.22. The Bertz CT molecular complexity index is 376. The number of amides is 1. The predicted octanol–water partition coefficient (Wildman–Crippen LogP) is 3.20. The molecular formula is C14H24N4O3. The first-order valence-corrected chi connectivity index (χ1v) is 7.68. The van der Waals surface area contributed by atoms with Crippen molar-refractivity contribution in [1.82, 2.24) is 5.32 Å². The van der Waals surface area contributed by atoms with Crippen molar-refractivity contribution in [2.45, 2.75) is 70.3 Å². The topological polar surface area (TPSA) is 104 Å². The molecule has 1 fully saturated rings. The molecule has 1 aliphatic rings. The Morgan fingerprint density at radius 2 is 1.71 bits per heavy atom. The Balaban J connectivity index is 1.80. The largest absolute Gasteiger partial charge is 0.460 e. The van der Waals surface area contributed by atoms with E-state index in [-0.39, 0.29) is 18.6 Å². The first kappa shape index (κ1) is 17.3. The molecule has 0 unspecified atom stereocenters. The van der Waals surface area contributed by atoms with Gasteiger partial charge in [0.2, 0.25) is 5.91 Å². The summed E-state index contributed by atoms with van der Waals surface area (Å²) in [6, 6.07) is 0.455. The first-order valence-electron chi connectivity index (χ1n) is 7.68. The minimum atomic E-state index is -0.320. The van der Waals surface area contributed by atoms with Crippen LogP contribution in [-0.4, -0.2) is 24.6 Å². The van der Waals surface area contributed by atoms with Gasteiger partial charge in [0.1, 0.15) is 0 Å². The van der Waals surface area contributed by atoms with Crippen LogP contribution in [0.1, 0.15) is 64.2 Å². The minimum Gasteiger partial charge on any atom is -0.460 e. The van der Waals surface area contributed by atoms with Crippen molar-refractivity contribution in [2.24, 2.45) is 5.11 Å². The van der Waals surface area contributed by atoms with E-state index in [1.807, 2.05) is 0 Å². The van der Waals surface area contributed by atoms with Gasteiger partial charge in [-0.2, -0.15) is 0 Å². The summed E-state index contributed by atoms with van der Waals surface area (Å²) in [6.07, 6.45) is 9.17. The number of nitrogens with zero attached hydrogens (tertiary/aromatic N) is 3. The third-order valence-electron chi connectivity index (χ3n) is 3.32. The highest BCUT2D eigenvalue weighted by Crippen LogP contribution is 2.19. The second kappa shape index (κ2) is 11.0. The lowest BCUT2D eigenvalue weighted by Gasteiger charge is -2.04. The second-order valence-electron chi connectivity index (χ2n) is 5.34. The van der Waals surface area contributed by atoms with Crippen LogP contribution in [0.25, 0.3) is 10.4 Å². The molecule has 0 aromatic heterocycles. The Morgan fingerprint density at radius 1 is 1.10 bits per heavy atom. The molecule has 0 aromatic rings. The van der Waals surface area contributed by atoms with Gasteiger partial charge in [0.05, 0.1) is 0 Å². The summed E-state index contributed by atoms with van der Waals surface area (Å²) in [7, 11) is 0. The molecule has 1 rings (SSSR count). The van der Waals surface area contributed by atoms with Crippen LogP contribution >= 0.6 is 0 Å². The van der Waals surface area contributed by atoms with Crippen LogP contribution in [0.4, 0.5) is 0 Å². The first-order chi connectivity index (χ1) is 10.2. The number of hydrogen-bond donors (Lipinski definition) is 1. The normalized spacial score (nSPS) is 13.3. The van der Waals surface area contributed by atoms with Crippen LogP contribution in [0.5, 0.6) is 0 Å². The molecule has 0 atom stereocenters. The van der Waals surface area contributed by atoms with Gasteiger partial charge in [0.25, 0.3) is 0 Å². The Kier molecular flexibility index (Phi) is 9.04. The molecule has 1 N–H and O–H groups in total. The molecule has 0 aromatic carbocycles. The highest BCUT2D eigenvalue weighted by atomic mass is 16.5. The molecule has 21 heavy (non-hydrogen) atoms. The summed E-state index contributed by atoms with van der Waals surface area (Å²) >= 11 is 0. The van der Waals surface area contributed by atoms with Crippen LogP contribution in [0.3, 0.4) is 0 Å². The van der Waals surface area contributed by atoms with Gasteiger partial charge >= 0.3 is 5.97 Å². The van der Waals surface area contributed by atoms with E-state index < -0.39 is 0 Å². The van der Waals surface area contributed by atoms with Crippen molar-refractivity contribution in [1.29, 1.82) is 0 Å². The number of nitrogens with one attached hydrogen (secondary N) is 1. The Hall–Kier alpha value is -1.75. The molecule has 1 amide bonds. The third-order valence-corrected chi connectivity index (χ3v) is 3.32. The fraction of sp³-hybridized carbons (Fsp3) is 0.857. The van der Waals surface area contributed by atoms with Crippen LogP contribution < -0.4 is 5.32 Å².